The lowest BCUT2D eigenvalue weighted by Gasteiger charge is -2.18. The highest BCUT2D eigenvalue weighted by Gasteiger charge is 2.08. The van der Waals surface area contributed by atoms with Crippen molar-refractivity contribution >= 4 is 28.8 Å². The summed E-state index contributed by atoms with van der Waals surface area (Å²) < 4.78 is 0. The van der Waals surface area contributed by atoms with E-state index in [9.17, 15) is 0 Å². The first-order valence-corrected chi connectivity index (χ1v) is 7.97. The predicted octanol–water partition coefficient (Wildman–Crippen LogP) is 3.33. The lowest BCUT2D eigenvalue weighted by atomic mass is 10.3. The van der Waals surface area contributed by atoms with Crippen LogP contribution in [0, 0.1) is 0 Å². The smallest absolute Gasteiger partial charge is 0.129 e. The molecule has 0 aromatic carbocycles. The van der Waals surface area contributed by atoms with E-state index in [1.807, 2.05) is 24.7 Å². The number of aromatic nitrogens is 2. The maximum Gasteiger partial charge on any atom is 0.129 e. The van der Waals surface area contributed by atoms with E-state index in [0.29, 0.717) is 11.6 Å². The molecule has 2 aromatic heterocycles. The van der Waals surface area contributed by atoms with Gasteiger partial charge in [-0.2, -0.15) is 0 Å². The number of pyridine rings is 1. The molecule has 0 bridgehead atoms. The van der Waals surface area contributed by atoms with Crippen molar-refractivity contribution in [2.75, 3.05) is 18.5 Å². The third-order valence-corrected chi connectivity index (χ3v) is 3.88. The van der Waals surface area contributed by atoms with Crippen LogP contribution in [0.2, 0.25) is 5.02 Å². The Morgan fingerprint density at radius 3 is 2.95 bits per heavy atom. The molecule has 0 unspecified atom stereocenters. The topological polar surface area (TPSA) is 41.1 Å². The van der Waals surface area contributed by atoms with E-state index in [1.165, 1.54) is 0 Å². The Morgan fingerprint density at radius 2 is 2.25 bits per heavy atom. The molecule has 0 amide bonds. The summed E-state index contributed by atoms with van der Waals surface area (Å²) in [5.41, 5.74) is 3.79. The molecule has 6 heteroatoms. The number of hydrogen-bond acceptors (Lipinski definition) is 5. The molecule has 1 N–H and O–H groups in total. The van der Waals surface area contributed by atoms with Crippen LogP contribution in [-0.4, -0.2) is 23.6 Å². The van der Waals surface area contributed by atoms with Crippen LogP contribution in [0.15, 0.2) is 23.0 Å². The van der Waals surface area contributed by atoms with Crippen LogP contribution < -0.4 is 10.2 Å². The van der Waals surface area contributed by atoms with Crippen LogP contribution in [0.1, 0.15) is 24.7 Å². The Morgan fingerprint density at radius 1 is 1.40 bits per heavy atom. The second kappa shape index (κ2) is 7.57. The molecule has 4 nitrogen and oxygen atoms in total. The van der Waals surface area contributed by atoms with Gasteiger partial charge in [0.2, 0.25) is 0 Å². The molecule has 0 radical (unpaired) electrons. The molecule has 0 atom stereocenters. The van der Waals surface area contributed by atoms with Crippen molar-refractivity contribution in [2.24, 2.45) is 0 Å². The van der Waals surface area contributed by atoms with E-state index < -0.39 is 0 Å². The van der Waals surface area contributed by atoms with Crippen LogP contribution in [0.3, 0.4) is 0 Å². The van der Waals surface area contributed by atoms with Gasteiger partial charge in [-0.05, 0) is 25.1 Å². The summed E-state index contributed by atoms with van der Waals surface area (Å²) in [6.07, 6.45) is 1.10. The molecule has 0 saturated heterocycles. The van der Waals surface area contributed by atoms with Gasteiger partial charge in [-0.25, -0.2) is 9.97 Å². The summed E-state index contributed by atoms with van der Waals surface area (Å²) in [5, 5.41) is 6.09. The third kappa shape index (κ3) is 4.16. The predicted molar refractivity (Wildman–Crippen MR) is 85.5 cm³/mol. The van der Waals surface area contributed by atoms with E-state index in [-0.39, 0.29) is 0 Å². The minimum absolute atomic E-state index is 0.699. The quantitative estimate of drug-likeness (QED) is 0.796. The summed E-state index contributed by atoms with van der Waals surface area (Å²) in [5.74, 6) is 0.913. The maximum atomic E-state index is 6.19. The molecule has 2 rings (SSSR count). The molecule has 0 aliphatic carbocycles. The van der Waals surface area contributed by atoms with Gasteiger partial charge < -0.3 is 10.2 Å². The maximum absolute atomic E-state index is 6.19. The first kappa shape index (κ1) is 15.2. The number of halogens is 1. The molecule has 0 aliphatic heterocycles. The van der Waals surface area contributed by atoms with Crippen LogP contribution in [0.25, 0.3) is 0 Å². The van der Waals surface area contributed by atoms with Gasteiger partial charge in [0.25, 0.3) is 0 Å². The van der Waals surface area contributed by atoms with Crippen LogP contribution in [-0.2, 0) is 13.1 Å². The Labute approximate surface area is 128 Å². The van der Waals surface area contributed by atoms with Crippen molar-refractivity contribution in [2.45, 2.75) is 26.4 Å². The lowest BCUT2D eigenvalue weighted by molar-refractivity contribution is 0.663. The van der Waals surface area contributed by atoms with Gasteiger partial charge in [0.1, 0.15) is 5.82 Å². The van der Waals surface area contributed by atoms with Crippen LogP contribution >= 0.6 is 22.9 Å². The fourth-order valence-corrected chi connectivity index (χ4v) is 2.55. The molecule has 0 saturated carbocycles. The van der Waals surface area contributed by atoms with E-state index >= 15 is 0 Å². The third-order valence-electron chi connectivity index (χ3n) is 2.90. The largest absolute Gasteiger partial charge is 0.354 e. The Kier molecular flexibility index (Phi) is 5.76. The average Bonchev–Trinajstić information content (AvgIpc) is 2.94. The van der Waals surface area contributed by atoms with Gasteiger partial charge in [0.05, 0.1) is 28.5 Å². The number of hydrogen-bond donors (Lipinski definition) is 1. The summed E-state index contributed by atoms with van der Waals surface area (Å²) in [7, 11) is 2.01. The van der Waals surface area contributed by atoms with Gasteiger partial charge in [-0.1, -0.05) is 18.5 Å². The molecule has 20 heavy (non-hydrogen) atoms. The number of nitrogens with zero attached hydrogens (tertiary/aromatic N) is 3. The molecule has 2 aromatic rings. The van der Waals surface area contributed by atoms with Crippen molar-refractivity contribution < 1.29 is 0 Å². The van der Waals surface area contributed by atoms with Gasteiger partial charge >= 0.3 is 0 Å². The van der Waals surface area contributed by atoms with Crippen LogP contribution in [0.5, 0.6) is 0 Å². The fraction of sp³-hybridized carbons (Fsp3) is 0.429. The van der Waals surface area contributed by atoms with Crippen molar-refractivity contribution in [1.29, 1.82) is 0 Å². The number of thiazole rings is 1. The highest BCUT2D eigenvalue weighted by molar-refractivity contribution is 7.07. The fourth-order valence-electron chi connectivity index (χ4n) is 1.83. The molecule has 0 spiro atoms. The molecule has 0 aliphatic rings. The lowest BCUT2D eigenvalue weighted by Crippen LogP contribution is -2.20. The minimum atomic E-state index is 0.699. The zero-order valence-corrected chi connectivity index (χ0v) is 13.3. The Bertz CT molecular complexity index is 530. The molecule has 108 valence electrons. The summed E-state index contributed by atoms with van der Waals surface area (Å²) in [6, 6.07) is 3.85. The van der Waals surface area contributed by atoms with E-state index in [2.05, 4.69) is 32.5 Å². The normalized spacial score (nSPS) is 10.8. The van der Waals surface area contributed by atoms with Crippen molar-refractivity contribution in [1.82, 2.24) is 15.3 Å². The zero-order chi connectivity index (χ0) is 14.4. The molecular weight excluding hydrogens is 292 g/mol. The monoisotopic (exact) mass is 310 g/mol. The second-order valence-corrected chi connectivity index (χ2v) is 5.74. The molecular formula is C14H19ClN4S. The van der Waals surface area contributed by atoms with Gasteiger partial charge in [-0.3, -0.25) is 0 Å². The summed E-state index contributed by atoms with van der Waals surface area (Å²) in [4.78, 5) is 11.0. The highest BCUT2D eigenvalue weighted by Crippen LogP contribution is 2.20. The molecule has 0 fully saturated rings. The van der Waals surface area contributed by atoms with E-state index in [0.717, 1.165) is 36.7 Å². The summed E-state index contributed by atoms with van der Waals surface area (Å²) in [6.45, 7) is 4.56. The van der Waals surface area contributed by atoms with Gasteiger partial charge in [0, 0.05) is 19.0 Å². The Balaban J connectivity index is 2.05. The average molecular weight is 311 g/mol. The first-order valence-electron chi connectivity index (χ1n) is 6.65. The SMILES string of the molecule is CCCNCc1nc(N(C)Cc2cscn2)ccc1Cl. The first-order chi connectivity index (χ1) is 9.70. The molecule has 2 heterocycles. The zero-order valence-electron chi connectivity index (χ0n) is 11.8. The number of nitrogens with one attached hydrogen (secondary N) is 1. The standard InChI is InChI=1S/C14H19ClN4S/c1-3-6-16-7-13-12(15)4-5-14(18-13)19(2)8-11-9-20-10-17-11/h4-5,9-10,16H,3,6-8H2,1-2H3. The Hall–Kier alpha value is -1.17. The number of rotatable bonds is 7. The minimum Gasteiger partial charge on any atom is -0.354 e. The summed E-state index contributed by atoms with van der Waals surface area (Å²) >= 11 is 7.80. The van der Waals surface area contributed by atoms with Gasteiger partial charge in [0.15, 0.2) is 0 Å². The highest BCUT2D eigenvalue weighted by atomic mass is 35.5. The van der Waals surface area contributed by atoms with E-state index in [4.69, 9.17) is 11.6 Å². The van der Waals surface area contributed by atoms with Crippen molar-refractivity contribution in [3.05, 3.63) is 39.4 Å². The van der Waals surface area contributed by atoms with Crippen molar-refractivity contribution in [3.63, 3.8) is 0 Å². The van der Waals surface area contributed by atoms with Crippen LogP contribution in [0.4, 0.5) is 5.82 Å². The van der Waals surface area contributed by atoms with E-state index in [1.54, 1.807) is 11.3 Å². The van der Waals surface area contributed by atoms with Gasteiger partial charge in [-0.15, -0.1) is 11.3 Å². The number of anilines is 1. The van der Waals surface area contributed by atoms with Crippen molar-refractivity contribution in [3.8, 4) is 0 Å². The second-order valence-electron chi connectivity index (χ2n) is 4.61.